The van der Waals surface area contributed by atoms with E-state index in [2.05, 4.69) is 26.2 Å². The first-order valence-electron chi connectivity index (χ1n) is 10.7. The number of benzene rings is 1. The Morgan fingerprint density at radius 2 is 1.68 bits per heavy atom. The molecule has 1 saturated carbocycles. The van der Waals surface area contributed by atoms with Crippen LogP contribution in [-0.4, -0.2) is 30.5 Å². The van der Waals surface area contributed by atoms with Crippen molar-refractivity contribution in [3.8, 4) is 5.75 Å². The number of carbonyl (C=O) groups excluding carboxylic acids is 3. The third kappa shape index (κ3) is 4.70. The number of ketones is 1. The molecule has 7 nitrogen and oxygen atoms in total. The minimum absolute atomic E-state index is 0.112. The Morgan fingerprint density at radius 3 is 2.10 bits per heavy atom. The molecule has 31 heavy (non-hydrogen) atoms. The lowest BCUT2D eigenvalue weighted by Gasteiger charge is -2.29. The van der Waals surface area contributed by atoms with Crippen molar-refractivity contribution in [1.29, 1.82) is 0 Å². The molecule has 0 saturated heterocycles. The number of hydrazine groups is 1. The number of ether oxygens (including phenoxy) is 2. The smallest absolute Gasteiger partial charge is 0.427 e. The van der Waals surface area contributed by atoms with E-state index >= 15 is 0 Å². The zero-order valence-corrected chi connectivity index (χ0v) is 20.2. The summed E-state index contributed by atoms with van der Waals surface area (Å²) in [5, 5.41) is 1.09. The fraction of sp³-hybridized carbons (Fsp3) is 0.625. The van der Waals surface area contributed by atoms with Crippen LogP contribution in [0.15, 0.2) is 24.3 Å². The van der Waals surface area contributed by atoms with Crippen molar-refractivity contribution < 1.29 is 23.9 Å². The molecular formula is C24H36N2O5. The third-order valence-corrected chi connectivity index (χ3v) is 6.66. The maximum absolute atomic E-state index is 13.4. The summed E-state index contributed by atoms with van der Waals surface area (Å²) in [5.74, 6) is -0.733. The maximum Gasteiger partial charge on any atom is 0.427 e. The van der Waals surface area contributed by atoms with Gasteiger partial charge in [0.1, 0.15) is 11.4 Å². The molecule has 2 unspecified atom stereocenters. The Kier molecular flexibility index (Phi) is 6.79. The van der Waals surface area contributed by atoms with E-state index in [1.165, 1.54) is 0 Å². The molecule has 0 aliphatic heterocycles. The van der Waals surface area contributed by atoms with Gasteiger partial charge in [0, 0.05) is 5.41 Å². The van der Waals surface area contributed by atoms with Crippen molar-refractivity contribution in [3.63, 3.8) is 0 Å². The highest BCUT2D eigenvalue weighted by atomic mass is 16.6. The SMILES string of the molecule is CCC1C(C)(C)[C@]1(C)C(=O)C(C)C(=O)N(NC(=O)OC(C)(C)C)c1ccc(OC)cc1. The number of hydrogen-bond donors (Lipinski definition) is 1. The van der Waals surface area contributed by atoms with Crippen molar-refractivity contribution in [1.82, 2.24) is 5.43 Å². The largest absolute Gasteiger partial charge is 0.497 e. The van der Waals surface area contributed by atoms with Crippen LogP contribution in [-0.2, 0) is 14.3 Å². The number of methoxy groups -OCH3 is 1. The number of nitrogens with one attached hydrogen (secondary N) is 1. The number of hydrogen-bond acceptors (Lipinski definition) is 5. The first-order chi connectivity index (χ1) is 14.2. The number of rotatable bonds is 6. The highest BCUT2D eigenvalue weighted by Crippen LogP contribution is 2.71. The molecule has 0 bridgehead atoms. The zero-order chi connectivity index (χ0) is 23.8. The molecule has 1 fully saturated rings. The van der Waals surface area contributed by atoms with Crippen LogP contribution in [0.25, 0.3) is 0 Å². The summed E-state index contributed by atoms with van der Waals surface area (Å²) in [6, 6.07) is 6.64. The van der Waals surface area contributed by atoms with Gasteiger partial charge in [-0.1, -0.05) is 34.1 Å². The summed E-state index contributed by atoms with van der Waals surface area (Å²) in [4.78, 5) is 39.3. The summed E-state index contributed by atoms with van der Waals surface area (Å²) in [6.45, 7) is 14.9. The fourth-order valence-corrected chi connectivity index (χ4v) is 4.64. The van der Waals surface area contributed by atoms with E-state index in [0.717, 1.165) is 11.4 Å². The molecule has 3 atom stereocenters. The van der Waals surface area contributed by atoms with Crippen LogP contribution in [0, 0.1) is 22.7 Å². The standard InChI is InChI=1S/C24H36N2O5/c1-10-18-23(6,7)24(18,8)19(27)15(2)20(28)26(25-21(29)31-22(3,4)5)16-11-13-17(30-9)14-12-16/h11-15,18H,10H2,1-9H3,(H,25,29)/t15?,18?,24-/m0/s1. The number of anilines is 1. The van der Waals surface area contributed by atoms with Crippen molar-refractivity contribution >= 4 is 23.5 Å². The monoisotopic (exact) mass is 432 g/mol. The second-order valence-corrected chi connectivity index (χ2v) is 9.96. The average molecular weight is 433 g/mol. The van der Waals surface area contributed by atoms with Gasteiger partial charge in [-0.2, -0.15) is 0 Å². The van der Waals surface area contributed by atoms with Crippen LogP contribution >= 0.6 is 0 Å². The predicted octanol–water partition coefficient (Wildman–Crippen LogP) is 4.75. The lowest BCUT2D eigenvalue weighted by atomic mass is 9.85. The van der Waals surface area contributed by atoms with Gasteiger partial charge in [-0.15, -0.1) is 0 Å². The van der Waals surface area contributed by atoms with Gasteiger partial charge in [0.15, 0.2) is 5.78 Å². The predicted molar refractivity (Wildman–Crippen MR) is 120 cm³/mol. The Labute approximate surface area is 185 Å². The highest BCUT2D eigenvalue weighted by molar-refractivity contribution is 6.11. The molecule has 1 aliphatic rings. The van der Waals surface area contributed by atoms with Crippen LogP contribution in [0.4, 0.5) is 10.5 Å². The minimum atomic E-state index is -0.933. The van der Waals surface area contributed by atoms with Gasteiger partial charge in [0.05, 0.1) is 18.7 Å². The lowest BCUT2D eigenvalue weighted by molar-refractivity contribution is -0.136. The molecule has 1 aromatic carbocycles. The molecule has 0 heterocycles. The van der Waals surface area contributed by atoms with E-state index in [1.54, 1.807) is 59.1 Å². The van der Waals surface area contributed by atoms with Crippen LogP contribution < -0.4 is 15.2 Å². The molecule has 2 amide bonds. The van der Waals surface area contributed by atoms with Gasteiger partial charge in [-0.3, -0.25) is 9.59 Å². The van der Waals surface area contributed by atoms with E-state index in [9.17, 15) is 14.4 Å². The van der Waals surface area contributed by atoms with Gasteiger partial charge in [-0.05, 0) is 63.3 Å². The maximum atomic E-state index is 13.4. The number of amides is 2. The van der Waals surface area contributed by atoms with Gasteiger partial charge in [0.25, 0.3) is 5.91 Å². The normalized spacial score (nSPS) is 22.8. The molecule has 1 N–H and O–H groups in total. The van der Waals surface area contributed by atoms with Crippen LogP contribution in [0.1, 0.15) is 61.8 Å². The van der Waals surface area contributed by atoms with Crippen LogP contribution in [0.5, 0.6) is 5.75 Å². The van der Waals surface area contributed by atoms with Gasteiger partial charge in [0.2, 0.25) is 0 Å². The first-order valence-corrected chi connectivity index (χ1v) is 10.7. The number of carbonyl (C=O) groups is 3. The molecular weight excluding hydrogens is 396 g/mol. The number of Topliss-reactive ketones (excluding diaryl/α,β-unsaturated/α-hetero) is 1. The Morgan fingerprint density at radius 1 is 1.13 bits per heavy atom. The van der Waals surface area contributed by atoms with Crippen molar-refractivity contribution in [2.24, 2.45) is 22.7 Å². The summed E-state index contributed by atoms with van der Waals surface area (Å²) >= 11 is 0. The van der Waals surface area contributed by atoms with E-state index in [0.29, 0.717) is 11.4 Å². The Bertz CT molecular complexity index is 841. The summed E-state index contributed by atoms with van der Waals surface area (Å²) < 4.78 is 10.5. The van der Waals surface area contributed by atoms with E-state index in [-0.39, 0.29) is 17.1 Å². The van der Waals surface area contributed by atoms with Crippen molar-refractivity contribution in [2.45, 2.75) is 67.4 Å². The third-order valence-electron chi connectivity index (χ3n) is 6.66. The second kappa shape index (κ2) is 8.52. The van der Waals surface area contributed by atoms with Crippen LogP contribution in [0.3, 0.4) is 0 Å². The molecule has 172 valence electrons. The fourth-order valence-electron chi connectivity index (χ4n) is 4.64. The molecule has 0 spiro atoms. The molecule has 1 aliphatic carbocycles. The highest BCUT2D eigenvalue weighted by Gasteiger charge is 2.71. The van der Waals surface area contributed by atoms with Crippen molar-refractivity contribution in [2.75, 3.05) is 12.1 Å². The summed E-state index contributed by atoms with van der Waals surface area (Å²) in [7, 11) is 1.54. The Balaban J connectivity index is 2.32. The molecule has 1 aromatic rings. The molecule has 0 radical (unpaired) electrons. The van der Waals surface area contributed by atoms with Gasteiger partial charge in [-0.25, -0.2) is 15.2 Å². The van der Waals surface area contributed by atoms with E-state index < -0.39 is 28.9 Å². The molecule has 2 rings (SSSR count). The zero-order valence-electron chi connectivity index (χ0n) is 20.2. The Hall–Kier alpha value is -2.57. The summed E-state index contributed by atoms with van der Waals surface area (Å²) in [5.41, 5.74) is 1.44. The van der Waals surface area contributed by atoms with Crippen molar-refractivity contribution in [3.05, 3.63) is 24.3 Å². The minimum Gasteiger partial charge on any atom is -0.497 e. The van der Waals surface area contributed by atoms with Gasteiger partial charge < -0.3 is 9.47 Å². The number of nitrogens with zero attached hydrogens (tertiary/aromatic N) is 1. The van der Waals surface area contributed by atoms with E-state index in [1.807, 2.05) is 6.92 Å². The topological polar surface area (TPSA) is 84.9 Å². The van der Waals surface area contributed by atoms with E-state index in [4.69, 9.17) is 9.47 Å². The average Bonchev–Trinajstić information content (AvgIpc) is 3.14. The second-order valence-electron chi connectivity index (χ2n) is 9.96. The first kappa shape index (κ1) is 24.7. The molecule has 7 heteroatoms. The van der Waals surface area contributed by atoms with Gasteiger partial charge >= 0.3 is 6.09 Å². The van der Waals surface area contributed by atoms with Crippen LogP contribution in [0.2, 0.25) is 0 Å². The lowest BCUT2D eigenvalue weighted by Crippen LogP contribution is -2.52. The quantitative estimate of drug-likeness (QED) is 0.518. The summed E-state index contributed by atoms with van der Waals surface area (Å²) in [6.07, 6.45) is 0.0924. The molecule has 0 aromatic heterocycles.